The molecule has 0 heterocycles. The van der Waals surface area contributed by atoms with Gasteiger partial charge in [0, 0.05) is 0 Å². The molecule has 0 saturated heterocycles. The van der Waals surface area contributed by atoms with Gasteiger partial charge in [-0.05, 0) is 70.2 Å². The van der Waals surface area contributed by atoms with Gasteiger partial charge >= 0.3 is 0 Å². The van der Waals surface area contributed by atoms with Crippen molar-refractivity contribution in [3.63, 3.8) is 0 Å². The summed E-state index contributed by atoms with van der Waals surface area (Å²) in [7, 11) is 0. The summed E-state index contributed by atoms with van der Waals surface area (Å²) in [6, 6.07) is 6.48. The summed E-state index contributed by atoms with van der Waals surface area (Å²) in [4.78, 5) is 0. The third-order valence-corrected chi connectivity index (χ3v) is 4.23. The van der Waals surface area contributed by atoms with Crippen LogP contribution in [0.2, 0.25) is 0 Å². The van der Waals surface area contributed by atoms with Crippen molar-refractivity contribution in [1.82, 2.24) is 5.32 Å². The van der Waals surface area contributed by atoms with E-state index in [0.717, 1.165) is 25.3 Å². The maximum absolute atomic E-state index is 6.39. The van der Waals surface area contributed by atoms with Crippen LogP contribution in [0, 0.1) is 19.8 Å². The lowest BCUT2D eigenvalue weighted by molar-refractivity contribution is -0.0148. The van der Waals surface area contributed by atoms with Crippen LogP contribution in [0.5, 0.6) is 5.75 Å². The number of ether oxygens (including phenoxy) is 1. The standard InChI is InChI=1S/C18H29NO/c1-14(2)13-19-11-10-18(8-5-9-18)20-17-7-6-15(3)12-16(17)4/h6-7,12,14,19H,5,8-11,13H2,1-4H3. The van der Waals surface area contributed by atoms with E-state index in [1.54, 1.807) is 0 Å². The van der Waals surface area contributed by atoms with Crippen molar-refractivity contribution >= 4 is 0 Å². The average molecular weight is 275 g/mol. The van der Waals surface area contributed by atoms with Gasteiger partial charge in [0.1, 0.15) is 11.4 Å². The first-order valence-corrected chi connectivity index (χ1v) is 7.98. The highest BCUT2D eigenvalue weighted by Crippen LogP contribution is 2.40. The molecule has 0 atom stereocenters. The quantitative estimate of drug-likeness (QED) is 0.751. The highest BCUT2D eigenvalue weighted by atomic mass is 16.5. The van der Waals surface area contributed by atoms with Gasteiger partial charge in [-0.15, -0.1) is 0 Å². The Balaban J connectivity index is 1.90. The summed E-state index contributed by atoms with van der Waals surface area (Å²) in [5, 5.41) is 3.54. The minimum atomic E-state index is 0.0873. The van der Waals surface area contributed by atoms with Gasteiger partial charge in [-0.3, -0.25) is 0 Å². The van der Waals surface area contributed by atoms with Gasteiger partial charge in [-0.25, -0.2) is 0 Å². The fraction of sp³-hybridized carbons (Fsp3) is 0.667. The van der Waals surface area contributed by atoms with Crippen molar-refractivity contribution < 1.29 is 4.74 Å². The molecular weight excluding hydrogens is 246 g/mol. The zero-order valence-corrected chi connectivity index (χ0v) is 13.5. The Morgan fingerprint density at radius 1 is 1.25 bits per heavy atom. The summed E-state index contributed by atoms with van der Waals surface area (Å²) in [5.41, 5.74) is 2.65. The number of hydrogen-bond acceptors (Lipinski definition) is 2. The van der Waals surface area contributed by atoms with Gasteiger partial charge in [0.05, 0.1) is 0 Å². The van der Waals surface area contributed by atoms with Gasteiger partial charge in [0.15, 0.2) is 0 Å². The second-order valence-electron chi connectivity index (χ2n) is 6.76. The lowest BCUT2D eigenvalue weighted by Crippen LogP contribution is -2.45. The highest BCUT2D eigenvalue weighted by Gasteiger charge is 2.39. The predicted octanol–water partition coefficient (Wildman–Crippen LogP) is 4.24. The zero-order valence-electron chi connectivity index (χ0n) is 13.5. The lowest BCUT2D eigenvalue weighted by Gasteiger charge is -2.42. The maximum Gasteiger partial charge on any atom is 0.123 e. The van der Waals surface area contributed by atoms with E-state index in [1.807, 2.05) is 0 Å². The molecule has 0 amide bonds. The molecule has 0 bridgehead atoms. The van der Waals surface area contributed by atoms with E-state index in [0.29, 0.717) is 5.92 Å². The molecule has 2 heteroatoms. The van der Waals surface area contributed by atoms with E-state index in [-0.39, 0.29) is 5.60 Å². The molecule has 0 radical (unpaired) electrons. The molecule has 2 nitrogen and oxygen atoms in total. The molecule has 0 aliphatic heterocycles. The molecule has 1 N–H and O–H groups in total. The second kappa shape index (κ2) is 6.62. The fourth-order valence-electron chi connectivity index (χ4n) is 2.83. The molecule has 0 spiro atoms. The summed E-state index contributed by atoms with van der Waals surface area (Å²) in [5.74, 6) is 1.78. The van der Waals surface area contributed by atoms with Crippen molar-refractivity contribution in [2.75, 3.05) is 13.1 Å². The topological polar surface area (TPSA) is 21.3 Å². The van der Waals surface area contributed by atoms with Gasteiger partial charge in [0.25, 0.3) is 0 Å². The molecule has 112 valence electrons. The van der Waals surface area contributed by atoms with Crippen LogP contribution >= 0.6 is 0 Å². The van der Waals surface area contributed by atoms with Crippen molar-refractivity contribution in [2.45, 2.75) is 59.0 Å². The molecule has 1 aromatic carbocycles. The van der Waals surface area contributed by atoms with Crippen LogP contribution in [-0.4, -0.2) is 18.7 Å². The summed E-state index contributed by atoms with van der Waals surface area (Å²) < 4.78 is 6.39. The van der Waals surface area contributed by atoms with Crippen molar-refractivity contribution in [1.29, 1.82) is 0 Å². The maximum atomic E-state index is 6.39. The van der Waals surface area contributed by atoms with Gasteiger partial charge in [-0.2, -0.15) is 0 Å². The third-order valence-electron chi connectivity index (χ3n) is 4.23. The number of aryl methyl sites for hydroxylation is 2. The minimum absolute atomic E-state index is 0.0873. The Morgan fingerprint density at radius 3 is 2.55 bits per heavy atom. The molecule has 0 unspecified atom stereocenters. The summed E-state index contributed by atoms with van der Waals surface area (Å²) >= 11 is 0. The summed E-state index contributed by atoms with van der Waals surface area (Å²) in [6.07, 6.45) is 4.81. The number of nitrogens with one attached hydrogen (secondary N) is 1. The highest BCUT2D eigenvalue weighted by molar-refractivity contribution is 5.36. The van der Waals surface area contributed by atoms with E-state index in [9.17, 15) is 0 Å². The lowest BCUT2D eigenvalue weighted by atomic mass is 9.77. The molecule has 1 aliphatic rings. The molecule has 20 heavy (non-hydrogen) atoms. The Bertz CT molecular complexity index is 435. The minimum Gasteiger partial charge on any atom is -0.487 e. The van der Waals surface area contributed by atoms with Gasteiger partial charge < -0.3 is 10.1 Å². The number of hydrogen-bond donors (Lipinski definition) is 1. The molecule has 1 saturated carbocycles. The molecule has 1 aromatic rings. The third kappa shape index (κ3) is 3.99. The molecule has 0 aromatic heterocycles. The Labute approximate surface area is 123 Å². The predicted molar refractivity (Wildman–Crippen MR) is 85.5 cm³/mol. The monoisotopic (exact) mass is 275 g/mol. The van der Waals surface area contributed by atoms with Crippen LogP contribution < -0.4 is 10.1 Å². The Morgan fingerprint density at radius 2 is 2.00 bits per heavy atom. The first-order chi connectivity index (χ1) is 9.51. The largest absolute Gasteiger partial charge is 0.487 e. The zero-order chi connectivity index (χ0) is 14.6. The number of rotatable bonds is 7. The molecule has 1 fully saturated rings. The van der Waals surface area contributed by atoms with Crippen LogP contribution in [0.4, 0.5) is 0 Å². The normalized spacial score (nSPS) is 17.1. The Hall–Kier alpha value is -1.02. The second-order valence-corrected chi connectivity index (χ2v) is 6.76. The first-order valence-electron chi connectivity index (χ1n) is 7.98. The number of benzene rings is 1. The first kappa shape index (κ1) is 15.4. The average Bonchev–Trinajstić information content (AvgIpc) is 2.33. The SMILES string of the molecule is Cc1ccc(OC2(CCNCC(C)C)CCC2)c(C)c1. The smallest absolute Gasteiger partial charge is 0.123 e. The van der Waals surface area contributed by atoms with E-state index in [4.69, 9.17) is 4.74 Å². The van der Waals surface area contributed by atoms with E-state index in [2.05, 4.69) is 51.2 Å². The van der Waals surface area contributed by atoms with Crippen molar-refractivity contribution in [2.24, 2.45) is 5.92 Å². The van der Waals surface area contributed by atoms with Crippen LogP contribution in [-0.2, 0) is 0 Å². The van der Waals surface area contributed by atoms with Crippen molar-refractivity contribution in [3.8, 4) is 5.75 Å². The van der Waals surface area contributed by atoms with Crippen LogP contribution in [0.1, 0.15) is 50.7 Å². The molecular formula is C18H29NO. The molecule has 1 aliphatic carbocycles. The molecule has 2 rings (SSSR count). The van der Waals surface area contributed by atoms with Gasteiger partial charge in [-0.1, -0.05) is 31.5 Å². The van der Waals surface area contributed by atoms with Gasteiger partial charge in [0.2, 0.25) is 0 Å². The summed E-state index contributed by atoms with van der Waals surface area (Å²) in [6.45, 7) is 10.9. The fourth-order valence-corrected chi connectivity index (χ4v) is 2.83. The van der Waals surface area contributed by atoms with E-state index >= 15 is 0 Å². The Kier molecular flexibility index (Phi) is 5.09. The van der Waals surface area contributed by atoms with Crippen LogP contribution in [0.15, 0.2) is 18.2 Å². The van der Waals surface area contributed by atoms with Crippen molar-refractivity contribution in [3.05, 3.63) is 29.3 Å². The van der Waals surface area contributed by atoms with E-state index < -0.39 is 0 Å². The van der Waals surface area contributed by atoms with Crippen LogP contribution in [0.25, 0.3) is 0 Å². The van der Waals surface area contributed by atoms with Crippen LogP contribution in [0.3, 0.4) is 0 Å². The van der Waals surface area contributed by atoms with E-state index in [1.165, 1.54) is 30.4 Å².